The molecule has 3 N–H and O–H groups in total. The fraction of sp³-hybridized carbons (Fsp3) is 0.500. The van der Waals surface area contributed by atoms with E-state index in [2.05, 4.69) is 10.4 Å². The number of nitrogens with zero attached hydrogens (tertiary/aromatic N) is 2. The Morgan fingerprint density at radius 3 is 2.71 bits per heavy atom. The van der Waals surface area contributed by atoms with Gasteiger partial charge in [-0.1, -0.05) is 13.8 Å². The van der Waals surface area contributed by atoms with Crippen LogP contribution in [0, 0.1) is 5.92 Å². The van der Waals surface area contributed by atoms with Crippen LogP contribution in [0.1, 0.15) is 13.8 Å². The average Bonchev–Trinajstić information content (AvgIpc) is 2.28. The molecule has 0 amide bonds. The fourth-order valence-electron chi connectivity index (χ4n) is 1.44. The first kappa shape index (κ1) is 13.9. The zero-order valence-corrected chi connectivity index (χ0v) is 11.0. The maximum absolute atomic E-state index is 12.2. The first-order chi connectivity index (χ1) is 7.87. The molecule has 0 saturated heterocycles. The van der Waals surface area contributed by atoms with E-state index in [1.165, 1.54) is 22.6 Å². The first-order valence-electron chi connectivity index (χ1n) is 5.27. The Balaban J connectivity index is 3.04. The summed E-state index contributed by atoms with van der Waals surface area (Å²) in [5.74, 6) is 5.79. The van der Waals surface area contributed by atoms with Crippen molar-refractivity contribution in [3.05, 3.63) is 18.3 Å². The van der Waals surface area contributed by atoms with Crippen LogP contribution in [0.3, 0.4) is 0 Å². The lowest BCUT2D eigenvalue weighted by molar-refractivity contribution is 0.417. The minimum atomic E-state index is -3.47. The van der Waals surface area contributed by atoms with Crippen LogP contribution in [0.4, 0.5) is 5.82 Å². The average molecular weight is 258 g/mol. The summed E-state index contributed by atoms with van der Waals surface area (Å²) < 4.78 is 25.7. The zero-order chi connectivity index (χ0) is 13.1. The van der Waals surface area contributed by atoms with Crippen molar-refractivity contribution in [2.24, 2.45) is 11.8 Å². The highest BCUT2D eigenvalue weighted by molar-refractivity contribution is 7.89. The summed E-state index contributed by atoms with van der Waals surface area (Å²) in [6, 6.07) is 2.86. The molecule has 0 bridgehead atoms. The molecule has 0 radical (unpaired) electrons. The Morgan fingerprint density at radius 2 is 2.18 bits per heavy atom. The molecule has 0 spiro atoms. The number of hydrazine groups is 1. The largest absolute Gasteiger partial charge is 0.308 e. The van der Waals surface area contributed by atoms with Crippen LogP contribution in [0.25, 0.3) is 0 Å². The standard InChI is InChI=1S/C10H18N4O2S/c1-8(2)7-14(3)17(15,16)9-4-5-12-10(6-9)13-11/h4-6,8H,7,11H2,1-3H3,(H,12,13). The molecular weight excluding hydrogens is 240 g/mol. The monoisotopic (exact) mass is 258 g/mol. The molecule has 1 aromatic rings. The Bertz CT molecular complexity index is 473. The number of aromatic nitrogens is 1. The highest BCUT2D eigenvalue weighted by Gasteiger charge is 2.21. The summed E-state index contributed by atoms with van der Waals surface area (Å²) in [4.78, 5) is 4.06. The third-order valence-corrected chi connectivity index (χ3v) is 4.03. The van der Waals surface area contributed by atoms with Gasteiger partial charge in [0.05, 0.1) is 4.90 Å². The van der Waals surface area contributed by atoms with Gasteiger partial charge in [0.25, 0.3) is 0 Å². The van der Waals surface area contributed by atoms with E-state index in [0.717, 1.165) is 0 Å². The van der Waals surface area contributed by atoms with Gasteiger partial charge in [-0.05, 0) is 12.0 Å². The van der Waals surface area contributed by atoms with E-state index in [9.17, 15) is 8.42 Å². The number of anilines is 1. The molecule has 0 aliphatic heterocycles. The second kappa shape index (κ2) is 5.44. The lowest BCUT2D eigenvalue weighted by Crippen LogP contribution is -2.30. The highest BCUT2D eigenvalue weighted by atomic mass is 32.2. The molecule has 0 aromatic carbocycles. The molecule has 1 heterocycles. The molecule has 7 heteroatoms. The third-order valence-electron chi connectivity index (χ3n) is 2.21. The maximum Gasteiger partial charge on any atom is 0.243 e. The number of rotatable bonds is 5. The van der Waals surface area contributed by atoms with Crippen LogP contribution in [-0.2, 0) is 10.0 Å². The number of nitrogens with one attached hydrogen (secondary N) is 1. The summed E-state index contributed by atoms with van der Waals surface area (Å²) in [6.07, 6.45) is 1.41. The lowest BCUT2D eigenvalue weighted by Gasteiger charge is -2.19. The van der Waals surface area contributed by atoms with Gasteiger partial charge in [0.2, 0.25) is 10.0 Å². The van der Waals surface area contributed by atoms with Crippen molar-refractivity contribution in [2.75, 3.05) is 19.0 Å². The summed E-state index contributed by atoms with van der Waals surface area (Å²) in [7, 11) is -1.91. The van der Waals surface area contributed by atoms with Crippen LogP contribution in [-0.4, -0.2) is 31.3 Å². The number of nitrogen functional groups attached to an aromatic ring is 1. The van der Waals surface area contributed by atoms with Gasteiger partial charge in [-0.3, -0.25) is 0 Å². The van der Waals surface area contributed by atoms with Gasteiger partial charge in [0.1, 0.15) is 5.82 Å². The minimum absolute atomic E-state index is 0.184. The lowest BCUT2D eigenvalue weighted by atomic mass is 10.2. The Labute approximate surface area is 102 Å². The third kappa shape index (κ3) is 3.39. The number of nitrogens with two attached hydrogens (primary N) is 1. The predicted octanol–water partition coefficient (Wildman–Crippen LogP) is 0.644. The van der Waals surface area contributed by atoms with Gasteiger partial charge in [-0.15, -0.1) is 0 Å². The van der Waals surface area contributed by atoms with Gasteiger partial charge in [-0.25, -0.2) is 23.5 Å². The van der Waals surface area contributed by atoms with Crippen molar-refractivity contribution in [3.63, 3.8) is 0 Å². The van der Waals surface area contributed by atoms with Crippen molar-refractivity contribution >= 4 is 15.8 Å². The van der Waals surface area contributed by atoms with Gasteiger partial charge in [-0.2, -0.15) is 0 Å². The molecule has 0 fully saturated rings. The molecule has 0 saturated carbocycles. The summed E-state index contributed by atoms with van der Waals surface area (Å²) >= 11 is 0. The van der Waals surface area contributed by atoms with E-state index >= 15 is 0 Å². The maximum atomic E-state index is 12.2. The minimum Gasteiger partial charge on any atom is -0.308 e. The van der Waals surface area contributed by atoms with E-state index in [0.29, 0.717) is 12.4 Å². The van der Waals surface area contributed by atoms with Crippen molar-refractivity contribution in [1.82, 2.24) is 9.29 Å². The molecule has 1 rings (SSSR count). The van der Waals surface area contributed by atoms with Crippen LogP contribution >= 0.6 is 0 Å². The zero-order valence-electron chi connectivity index (χ0n) is 10.2. The fourth-order valence-corrected chi connectivity index (χ4v) is 2.79. The van der Waals surface area contributed by atoms with Crippen LogP contribution < -0.4 is 11.3 Å². The molecule has 0 atom stereocenters. The first-order valence-corrected chi connectivity index (χ1v) is 6.71. The van der Waals surface area contributed by atoms with E-state index in [1.807, 2.05) is 13.8 Å². The van der Waals surface area contributed by atoms with Crippen LogP contribution in [0.15, 0.2) is 23.2 Å². The van der Waals surface area contributed by atoms with Crippen LogP contribution in [0.5, 0.6) is 0 Å². The molecule has 0 aliphatic rings. The van der Waals surface area contributed by atoms with E-state index in [4.69, 9.17) is 5.84 Å². The number of hydrogen-bond acceptors (Lipinski definition) is 5. The van der Waals surface area contributed by atoms with Crippen molar-refractivity contribution < 1.29 is 8.42 Å². The molecule has 0 aliphatic carbocycles. The van der Waals surface area contributed by atoms with Crippen molar-refractivity contribution in [3.8, 4) is 0 Å². The normalized spacial score (nSPS) is 12.1. The van der Waals surface area contributed by atoms with Crippen molar-refractivity contribution in [1.29, 1.82) is 0 Å². The Morgan fingerprint density at radius 1 is 1.53 bits per heavy atom. The SMILES string of the molecule is CC(C)CN(C)S(=O)(=O)c1ccnc(NN)c1. The van der Waals surface area contributed by atoms with Crippen molar-refractivity contribution in [2.45, 2.75) is 18.7 Å². The van der Waals surface area contributed by atoms with Crippen LogP contribution in [0.2, 0.25) is 0 Å². The van der Waals surface area contributed by atoms with E-state index in [1.54, 1.807) is 7.05 Å². The summed E-state index contributed by atoms with van der Waals surface area (Å²) in [6.45, 7) is 4.40. The van der Waals surface area contributed by atoms with E-state index in [-0.39, 0.29) is 10.8 Å². The van der Waals surface area contributed by atoms with Gasteiger partial charge < -0.3 is 5.43 Å². The van der Waals surface area contributed by atoms with Gasteiger partial charge >= 0.3 is 0 Å². The summed E-state index contributed by atoms with van der Waals surface area (Å²) in [5.41, 5.74) is 2.33. The molecule has 17 heavy (non-hydrogen) atoms. The molecular formula is C10H18N4O2S. The number of pyridine rings is 1. The second-order valence-electron chi connectivity index (χ2n) is 4.20. The highest BCUT2D eigenvalue weighted by Crippen LogP contribution is 2.17. The molecule has 0 unspecified atom stereocenters. The number of hydrogen-bond donors (Lipinski definition) is 2. The van der Waals surface area contributed by atoms with Gasteiger partial charge in [0.15, 0.2) is 0 Å². The Hall–Kier alpha value is -1.18. The number of sulfonamides is 1. The topological polar surface area (TPSA) is 88.3 Å². The quantitative estimate of drug-likeness (QED) is 0.598. The summed E-state index contributed by atoms with van der Waals surface area (Å²) in [5, 5.41) is 0. The second-order valence-corrected chi connectivity index (χ2v) is 6.25. The molecule has 6 nitrogen and oxygen atoms in total. The smallest absolute Gasteiger partial charge is 0.243 e. The molecule has 96 valence electrons. The Kier molecular flexibility index (Phi) is 4.44. The predicted molar refractivity (Wildman–Crippen MR) is 66.7 cm³/mol. The van der Waals surface area contributed by atoms with Gasteiger partial charge in [0, 0.05) is 25.9 Å². The van der Waals surface area contributed by atoms with E-state index < -0.39 is 10.0 Å². The molecule has 1 aromatic heterocycles.